The van der Waals surface area contributed by atoms with Gasteiger partial charge in [-0.2, -0.15) is 0 Å². The topological polar surface area (TPSA) is 110 Å². The van der Waals surface area contributed by atoms with Crippen molar-refractivity contribution in [3.8, 4) is 0 Å². The average Bonchev–Trinajstić information content (AvgIpc) is 3.09. The number of nitrogens with one attached hydrogen (secondary N) is 1. The number of hydrogen-bond acceptors (Lipinski definition) is 5. The lowest BCUT2D eigenvalue weighted by Gasteiger charge is -2.27. The third kappa shape index (κ3) is 30.8. The molecule has 6 nitrogen and oxygen atoms in total. The second-order valence-electron chi connectivity index (χ2n) is 14.3. The van der Waals surface area contributed by atoms with E-state index in [2.05, 4.69) is 43.5 Å². The van der Waals surface area contributed by atoms with Crippen molar-refractivity contribution in [2.45, 2.75) is 231 Å². The van der Waals surface area contributed by atoms with Gasteiger partial charge in [-0.3, -0.25) is 4.79 Å². The number of rotatable bonds is 37. The van der Waals surface area contributed by atoms with Crippen LogP contribution in [0.2, 0.25) is 0 Å². The van der Waals surface area contributed by atoms with E-state index in [1.165, 1.54) is 128 Å². The van der Waals surface area contributed by atoms with Crippen molar-refractivity contribution >= 4 is 5.91 Å². The summed E-state index contributed by atoms with van der Waals surface area (Å²) < 4.78 is 0. The van der Waals surface area contributed by atoms with Gasteiger partial charge in [-0.05, 0) is 57.8 Å². The van der Waals surface area contributed by atoms with Crippen LogP contribution in [0, 0.1) is 0 Å². The van der Waals surface area contributed by atoms with Crippen LogP contribution in [0.25, 0.3) is 0 Å². The van der Waals surface area contributed by atoms with Crippen molar-refractivity contribution in [1.29, 1.82) is 0 Å². The zero-order valence-corrected chi connectivity index (χ0v) is 31.7. The molecule has 0 heterocycles. The Bertz CT molecular complexity index is 727. The van der Waals surface area contributed by atoms with Gasteiger partial charge in [-0.1, -0.05) is 173 Å². The van der Waals surface area contributed by atoms with Crippen molar-refractivity contribution in [1.82, 2.24) is 5.32 Å². The summed E-state index contributed by atoms with van der Waals surface area (Å²) in [6, 6.07) is -1.00. The first-order valence-corrected chi connectivity index (χ1v) is 20.7. The summed E-state index contributed by atoms with van der Waals surface area (Å²) >= 11 is 0. The largest absolute Gasteiger partial charge is 0.394 e. The molecule has 4 atom stereocenters. The van der Waals surface area contributed by atoms with Crippen LogP contribution < -0.4 is 5.32 Å². The highest BCUT2D eigenvalue weighted by Crippen LogP contribution is 2.15. The molecule has 0 saturated carbocycles. The number of amides is 1. The number of carbonyl (C=O) groups is 1. The summed E-state index contributed by atoms with van der Waals surface area (Å²) in [5.41, 5.74) is 0. The number of unbranched alkanes of at least 4 members (excludes halogenated alkanes) is 24. The van der Waals surface area contributed by atoms with Crippen molar-refractivity contribution < 1.29 is 25.2 Å². The van der Waals surface area contributed by atoms with Crippen LogP contribution in [0.1, 0.15) is 206 Å². The van der Waals surface area contributed by atoms with E-state index in [0.717, 1.165) is 51.4 Å². The molecule has 5 N–H and O–H groups in total. The number of aliphatic hydroxyl groups is 4. The van der Waals surface area contributed by atoms with Crippen LogP contribution in [0.4, 0.5) is 0 Å². The van der Waals surface area contributed by atoms with Crippen LogP contribution in [0.5, 0.6) is 0 Å². The third-order valence-electron chi connectivity index (χ3n) is 9.63. The maximum absolute atomic E-state index is 12.4. The Labute approximate surface area is 297 Å². The van der Waals surface area contributed by atoms with Gasteiger partial charge >= 0.3 is 0 Å². The fourth-order valence-electron chi connectivity index (χ4n) is 6.27. The second-order valence-corrected chi connectivity index (χ2v) is 14.3. The molecule has 0 fully saturated rings. The molecule has 0 aliphatic heterocycles. The Hall–Kier alpha value is -1.21. The van der Waals surface area contributed by atoms with Crippen LogP contribution in [-0.4, -0.2) is 57.3 Å². The predicted octanol–water partition coefficient (Wildman–Crippen LogP) is 10.4. The van der Waals surface area contributed by atoms with Gasteiger partial charge in [0.25, 0.3) is 0 Å². The van der Waals surface area contributed by atoms with Gasteiger partial charge in [-0.25, -0.2) is 0 Å². The quantitative estimate of drug-likeness (QED) is 0.0332. The summed E-state index contributed by atoms with van der Waals surface area (Å²) in [6.07, 6.45) is 40.9. The van der Waals surface area contributed by atoms with E-state index in [-0.39, 0.29) is 0 Å². The zero-order valence-electron chi connectivity index (χ0n) is 31.7. The summed E-state index contributed by atoms with van der Waals surface area (Å²) in [7, 11) is 0. The number of aliphatic hydroxyl groups excluding tert-OH is 4. The van der Waals surface area contributed by atoms with E-state index in [0.29, 0.717) is 12.8 Å². The highest BCUT2D eigenvalue weighted by Gasteiger charge is 2.28. The van der Waals surface area contributed by atoms with Gasteiger partial charge in [0.05, 0.1) is 18.8 Å². The van der Waals surface area contributed by atoms with Crippen molar-refractivity contribution in [3.05, 3.63) is 24.3 Å². The minimum Gasteiger partial charge on any atom is -0.394 e. The SMILES string of the molecule is CCCC/C=C\CCCCCC(O)C(=O)NC(CO)C(O)C(O)CCC/C=C/CCCCCCCCCCCCCCCCCCCC. The molecular weight excluding hydrogens is 598 g/mol. The predicted molar refractivity (Wildman–Crippen MR) is 205 cm³/mol. The second kappa shape index (κ2) is 37.1. The molecule has 0 bridgehead atoms. The lowest BCUT2D eigenvalue weighted by atomic mass is 10.00. The molecule has 0 rings (SSSR count). The highest BCUT2D eigenvalue weighted by atomic mass is 16.3. The molecule has 0 aromatic rings. The fourth-order valence-corrected chi connectivity index (χ4v) is 6.27. The Balaban J connectivity index is 3.72. The molecule has 0 spiro atoms. The summed E-state index contributed by atoms with van der Waals surface area (Å²) in [5.74, 6) is -0.609. The van der Waals surface area contributed by atoms with E-state index in [9.17, 15) is 25.2 Å². The first-order valence-electron chi connectivity index (χ1n) is 20.7. The van der Waals surface area contributed by atoms with Gasteiger partial charge < -0.3 is 25.7 Å². The molecule has 284 valence electrons. The Morgan fingerprint density at radius 1 is 0.500 bits per heavy atom. The summed E-state index contributed by atoms with van der Waals surface area (Å²) in [4.78, 5) is 12.4. The van der Waals surface area contributed by atoms with Crippen LogP contribution in [-0.2, 0) is 4.79 Å². The highest BCUT2D eigenvalue weighted by molar-refractivity contribution is 5.80. The van der Waals surface area contributed by atoms with Crippen LogP contribution >= 0.6 is 0 Å². The first kappa shape index (κ1) is 46.8. The minimum absolute atomic E-state index is 0.341. The molecule has 0 saturated heterocycles. The lowest BCUT2D eigenvalue weighted by Crippen LogP contribution is -2.53. The van der Waals surface area contributed by atoms with Gasteiger partial charge in [0.2, 0.25) is 5.91 Å². The van der Waals surface area contributed by atoms with E-state index >= 15 is 0 Å². The molecule has 0 aliphatic carbocycles. The first-order chi connectivity index (χ1) is 23.5. The van der Waals surface area contributed by atoms with Crippen molar-refractivity contribution in [2.24, 2.45) is 0 Å². The standard InChI is InChI=1S/C42H81NO5/c1-3-5-7-9-11-13-14-15-16-17-18-19-20-21-22-23-24-25-26-28-29-31-33-35-39(45)41(47)38(37-44)43-42(48)40(46)36-34-32-30-27-12-10-8-6-4-2/h10,12,28-29,38-41,44-47H,3-9,11,13-27,30-37H2,1-2H3,(H,43,48)/b12-10-,29-28+. The maximum atomic E-state index is 12.4. The molecule has 6 heteroatoms. The molecule has 0 aromatic heterocycles. The van der Waals surface area contributed by atoms with Gasteiger partial charge in [-0.15, -0.1) is 0 Å². The molecule has 1 amide bonds. The van der Waals surface area contributed by atoms with Gasteiger partial charge in [0, 0.05) is 0 Å². The monoisotopic (exact) mass is 680 g/mol. The van der Waals surface area contributed by atoms with E-state index in [1.807, 2.05) is 0 Å². The number of allylic oxidation sites excluding steroid dienone is 4. The molecule has 0 aliphatic rings. The summed E-state index contributed by atoms with van der Waals surface area (Å²) in [5, 5.41) is 43.4. The third-order valence-corrected chi connectivity index (χ3v) is 9.63. The number of carbonyl (C=O) groups excluding carboxylic acids is 1. The Kier molecular flexibility index (Phi) is 36.1. The lowest BCUT2D eigenvalue weighted by molar-refractivity contribution is -0.132. The minimum atomic E-state index is -1.28. The van der Waals surface area contributed by atoms with Gasteiger partial charge in [0.15, 0.2) is 0 Å². The average molecular weight is 680 g/mol. The van der Waals surface area contributed by atoms with Crippen molar-refractivity contribution in [2.75, 3.05) is 6.61 Å². The van der Waals surface area contributed by atoms with Gasteiger partial charge in [0.1, 0.15) is 12.2 Å². The Morgan fingerprint density at radius 2 is 0.875 bits per heavy atom. The maximum Gasteiger partial charge on any atom is 0.249 e. The normalized spacial score (nSPS) is 14.5. The van der Waals surface area contributed by atoms with E-state index in [4.69, 9.17) is 0 Å². The molecule has 0 radical (unpaired) electrons. The zero-order chi connectivity index (χ0) is 35.3. The Morgan fingerprint density at radius 3 is 1.31 bits per heavy atom. The van der Waals surface area contributed by atoms with Crippen LogP contribution in [0.3, 0.4) is 0 Å². The fraction of sp³-hybridized carbons (Fsp3) is 0.881. The molecule has 48 heavy (non-hydrogen) atoms. The van der Waals surface area contributed by atoms with E-state index < -0.39 is 36.9 Å². The van der Waals surface area contributed by atoms with E-state index in [1.54, 1.807) is 0 Å². The molecule has 4 unspecified atom stereocenters. The number of hydrogen-bond donors (Lipinski definition) is 5. The van der Waals surface area contributed by atoms with Crippen LogP contribution in [0.15, 0.2) is 24.3 Å². The summed E-state index contributed by atoms with van der Waals surface area (Å²) in [6.45, 7) is 3.97. The molecular formula is C42H81NO5. The molecule has 0 aromatic carbocycles. The van der Waals surface area contributed by atoms with Crippen molar-refractivity contribution in [3.63, 3.8) is 0 Å². The smallest absolute Gasteiger partial charge is 0.249 e.